The van der Waals surface area contributed by atoms with E-state index in [1.54, 1.807) is 0 Å². The third kappa shape index (κ3) is 3.17. The second-order valence-electron chi connectivity index (χ2n) is 5.49. The molecule has 2 aromatic rings. The fourth-order valence-corrected chi connectivity index (χ4v) is 2.73. The van der Waals surface area contributed by atoms with Crippen LogP contribution in [0.5, 0.6) is 0 Å². The quantitative estimate of drug-likeness (QED) is 0.856. The number of pyridine rings is 1. The van der Waals surface area contributed by atoms with Crippen molar-refractivity contribution in [1.82, 2.24) is 25.1 Å². The lowest BCUT2D eigenvalue weighted by Gasteiger charge is -2.17. The van der Waals surface area contributed by atoms with Gasteiger partial charge in [-0.3, -0.25) is 14.3 Å². The first-order chi connectivity index (χ1) is 11.4. The summed E-state index contributed by atoms with van der Waals surface area (Å²) in [6.45, 7) is 0.342. The monoisotopic (exact) mass is 341 g/mol. The van der Waals surface area contributed by atoms with E-state index in [2.05, 4.69) is 20.5 Å². The van der Waals surface area contributed by atoms with Crippen molar-refractivity contribution in [2.45, 2.75) is 38.0 Å². The SMILES string of the molecule is O=C(NC1CCc2n[nH]c(=O)n2CC1)c1cccnc1C(F)(F)F. The van der Waals surface area contributed by atoms with Gasteiger partial charge in [-0.2, -0.15) is 18.3 Å². The summed E-state index contributed by atoms with van der Waals surface area (Å²) in [6.07, 6.45) is -2.34. The number of halogens is 3. The van der Waals surface area contributed by atoms with E-state index in [-0.39, 0.29) is 11.7 Å². The first-order valence-electron chi connectivity index (χ1n) is 7.33. The van der Waals surface area contributed by atoms with E-state index >= 15 is 0 Å². The van der Waals surface area contributed by atoms with E-state index in [0.29, 0.717) is 31.6 Å². The number of amides is 1. The van der Waals surface area contributed by atoms with Gasteiger partial charge in [-0.05, 0) is 25.0 Å². The Kier molecular flexibility index (Phi) is 4.12. The van der Waals surface area contributed by atoms with E-state index in [1.807, 2.05) is 0 Å². The summed E-state index contributed by atoms with van der Waals surface area (Å²) in [5, 5.41) is 8.84. The Morgan fingerprint density at radius 3 is 2.92 bits per heavy atom. The molecule has 7 nitrogen and oxygen atoms in total. The Bertz CT molecular complexity index is 811. The number of rotatable bonds is 2. The molecule has 2 aromatic heterocycles. The average molecular weight is 341 g/mol. The third-order valence-corrected chi connectivity index (χ3v) is 3.91. The van der Waals surface area contributed by atoms with Gasteiger partial charge in [0.25, 0.3) is 5.91 Å². The lowest BCUT2D eigenvalue weighted by molar-refractivity contribution is -0.141. The topological polar surface area (TPSA) is 92.7 Å². The van der Waals surface area contributed by atoms with Crippen molar-refractivity contribution in [3.05, 3.63) is 45.9 Å². The molecule has 3 heterocycles. The van der Waals surface area contributed by atoms with Crippen LogP contribution in [0.3, 0.4) is 0 Å². The lowest BCUT2D eigenvalue weighted by atomic mass is 10.1. The largest absolute Gasteiger partial charge is 0.434 e. The molecule has 128 valence electrons. The number of hydrogen-bond acceptors (Lipinski definition) is 4. The molecule has 1 atom stereocenters. The summed E-state index contributed by atoms with van der Waals surface area (Å²) >= 11 is 0. The molecule has 1 aliphatic rings. The van der Waals surface area contributed by atoms with Crippen LogP contribution in [-0.2, 0) is 19.1 Å². The first-order valence-corrected chi connectivity index (χ1v) is 7.33. The zero-order valence-electron chi connectivity index (χ0n) is 12.4. The van der Waals surface area contributed by atoms with Crippen molar-refractivity contribution in [2.75, 3.05) is 0 Å². The number of fused-ring (bicyclic) bond motifs is 1. The summed E-state index contributed by atoms with van der Waals surface area (Å²) in [5.41, 5.74) is -2.05. The Morgan fingerprint density at radius 1 is 1.38 bits per heavy atom. The van der Waals surface area contributed by atoms with Gasteiger partial charge in [0.15, 0.2) is 5.69 Å². The van der Waals surface area contributed by atoms with Gasteiger partial charge in [0.2, 0.25) is 0 Å². The van der Waals surface area contributed by atoms with Crippen molar-refractivity contribution >= 4 is 5.91 Å². The fourth-order valence-electron chi connectivity index (χ4n) is 2.73. The maximum Gasteiger partial charge on any atom is 0.434 e. The van der Waals surface area contributed by atoms with Crippen molar-refractivity contribution in [3.8, 4) is 0 Å². The van der Waals surface area contributed by atoms with Crippen LogP contribution in [0.2, 0.25) is 0 Å². The zero-order chi connectivity index (χ0) is 17.3. The molecule has 0 saturated carbocycles. The van der Waals surface area contributed by atoms with Gasteiger partial charge in [-0.15, -0.1) is 0 Å². The maximum absolute atomic E-state index is 12.9. The highest BCUT2D eigenvalue weighted by Crippen LogP contribution is 2.30. The molecule has 2 N–H and O–H groups in total. The first kappa shape index (κ1) is 16.2. The predicted molar refractivity (Wildman–Crippen MR) is 76.3 cm³/mol. The Morgan fingerprint density at radius 2 is 2.17 bits per heavy atom. The summed E-state index contributed by atoms with van der Waals surface area (Å²) in [7, 11) is 0. The number of carbonyl (C=O) groups excluding carboxylic acids is 1. The fraction of sp³-hybridized carbons (Fsp3) is 0.429. The highest BCUT2D eigenvalue weighted by Gasteiger charge is 2.37. The summed E-state index contributed by atoms with van der Waals surface area (Å²) in [4.78, 5) is 27.0. The van der Waals surface area contributed by atoms with E-state index in [4.69, 9.17) is 0 Å². The minimum Gasteiger partial charge on any atom is -0.349 e. The van der Waals surface area contributed by atoms with Crippen LogP contribution in [0.4, 0.5) is 13.2 Å². The summed E-state index contributed by atoms with van der Waals surface area (Å²) < 4.78 is 40.3. The molecule has 1 amide bonds. The number of aryl methyl sites for hydroxylation is 1. The number of nitrogens with one attached hydrogen (secondary N) is 2. The Balaban J connectivity index is 1.74. The molecule has 0 spiro atoms. The van der Waals surface area contributed by atoms with Crippen LogP contribution in [0, 0.1) is 0 Å². The molecule has 0 fully saturated rings. The Hall–Kier alpha value is -2.65. The van der Waals surface area contributed by atoms with Crippen molar-refractivity contribution in [1.29, 1.82) is 0 Å². The van der Waals surface area contributed by atoms with E-state index < -0.39 is 23.3 Å². The highest BCUT2D eigenvalue weighted by molar-refractivity contribution is 5.95. The smallest absolute Gasteiger partial charge is 0.349 e. The van der Waals surface area contributed by atoms with Crippen LogP contribution in [0.1, 0.15) is 34.7 Å². The van der Waals surface area contributed by atoms with Gasteiger partial charge >= 0.3 is 11.9 Å². The summed E-state index contributed by atoms with van der Waals surface area (Å²) in [5.74, 6) is -0.247. The van der Waals surface area contributed by atoms with Crippen LogP contribution < -0.4 is 11.0 Å². The van der Waals surface area contributed by atoms with Gasteiger partial charge in [-0.1, -0.05) is 0 Å². The lowest BCUT2D eigenvalue weighted by Crippen LogP contribution is -2.36. The van der Waals surface area contributed by atoms with E-state index in [0.717, 1.165) is 12.3 Å². The van der Waals surface area contributed by atoms with Gasteiger partial charge in [0.05, 0.1) is 5.56 Å². The van der Waals surface area contributed by atoms with E-state index in [1.165, 1.54) is 10.6 Å². The number of nitrogens with zero attached hydrogens (tertiary/aromatic N) is 3. The second kappa shape index (κ2) is 6.10. The maximum atomic E-state index is 12.9. The highest BCUT2D eigenvalue weighted by atomic mass is 19.4. The van der Waals surface area contributed by atoms with Crippen LogP contribution in [0.15, 0.2) is 23.1 Å². The zero-order valence-corrected chi connectivity index (χ0v) is 12.4. The molecule has 0 aromatic carbocycles. The van der Waals surface area contributed by atoms with Gasteiger partial charge in [-0.25, -0.2) is 9.89 Å². The molecule has 1 unspecified atom stereocenters. The molecule has 24 heavy (non-hydrogen) atoms. The molecule has 0 aliphatic carbocycles. The average Bonchev–Trinajstić information content (AvgIpc) is 2.76. The molecule has 3 rings (SSSR count). The standard InChI is InChI=1S/C14H14F3N5O2/c15-14(16,17)11-9(2-1-6-18-11)12(23)19-8-3-4-10-20-21-13(24)22(10)7-5-8/h1-2,6,8H,3-5,7H2,(H,19,23)(H,21,24). The summed E-state index contributed by atoms with van der Waals surface area (Å²) in [6, 6.07) is 2.03. The molecule has 0 radical (unpaired) electrons. The van der Waals surface area contributed by atoms with Crippen molar-refractivity contribution in [3.63, 3.8) is 0 Å². The molecule has 0 bridgehead atoms. The van der Waals surface area contributed by atoms with Crippen molar-refractivity contribution in [2.24, 2.45) is 0 Å². The van der Waals surface area contributed by atoms with Gasteiger partial charge < -0.3 is 5.32 Å². The van der Waals surface area contributed by atoms with Crippen LogP contribution >= 0.6 is 0 Å². The predicted octanol–water partition coefficient (Wildman–Crippen LogP) is 1.12. The van der Waals surface area contributed by atoms with Crippen LogP contribution in [0.25, 0.3) is 0 Å². The Labute approximate surface area is 133 Å². The van der Waals surface area contributed by atoms with Gasteiger partial charge in [0, 0.05) is 25.2 Å². The second-order valence-corrected chi connectivity index (χ2v) is 5.49. The molecular formula is C14H14F3N5O2. The van der Waals surface area contributed by atoms with E-state index in [9.17, 15) is 22.8 Å². The minimum absolute atomic E-state index is 0.330. The third-order valence-electron chi connectivity index (χ3n) is 3.91. The minimum atomic E-state index is -4.70. The number of H-pyrrole nitrogens is 1. The molecule has 10 heteroatoms. The number of carbonyl (C=O) groups is 1. The molecule has 0 saturated heterocycles. The normalized spacial score (nSPS) is 17.9. The number of aromatic nitrogens is 4. The molecule has 1 aliphatic heterocycles. The molecular weight excluding hydrogens is 327 g/mol. The van der Waals surface area contributed by atoms with Crippen molar-refractivity contribution < 1.29 is 18.0 Å². The number of aromatic amines is 1. The number of alkyl halides is 3. The number of hydrogen-bond donors (Lipinski definition) is 2. The van der Waals surface area contributed by atoms with Crippen LogP contribution in [-0.4, -0.2) is 31.7 Å². The van der Waals surface area contributed by atoms with Gasteiger partial charge in [0.1, 0.15) is 5.82 Å².